The Labute approximate surface area is 133 Å². The smallest absolute Gasteiger partial charge is 0.273 e. The monoisotopic (exact) mass is 313 g/mol. The summed E-state index contributed by atoms with van der Waals surface area (Å²) >= 11 is 0. The van der Waals surface area contributed by atoms with Crippen molar-refractivity contribution in [3.8, 4) is 17.2 Å². The van der Waals surface area contributed by atoms with E-state index in [1.54, 1.807) is 36.4 Å². The summed E-state index contributed by atoms with van der Waals surface area (Å²) in [6.07, 6.45) is 0. The van der Waals surface area contributed by atoms with Crippen molar-refractivity contribution >= 4 is 17.2 Å². The van der Waals surface area contributed by atoms with Gasteiger partial charge in [0.1, 0.15) is 17.1 Å². The van der Waals surface area contributed by atoms with E-state index in [1.807, 2.05) is 0 Å². The lowest BCUT2D eigenvalue weighted by molar-refractivity contribution is -0.356. The molecule has 6 nitrogen and oxygen atoms in total. The lowest BCUT2D eigenvalue weighted by atomic mass is 10.0. The number of hydrogen-bond donors (Lipinski definition) is 0. The van der Waals surface area contributed by atoms with Crippen LogP contribution in [0.3, 0.4) is 0 Å². The molecule has 23 heavy (non-hydrogen) atoms. The number of para-hydroxylation sites is 1. The molecule has 118 valence electrons. The molecule has 1 aliphatic rings. The maximum Gasteiger partial charge on any atom is 0.273 e. The molecule has 1 aliphatic heterocycles. The van der Waals surface area contributed by atoms with Crippen molar-refractivity contribution in [2.24, 2.45) is 0 Å². The third kappa shape index (κ3) is 2.28. The van der Waals surface area contributed by atoms with Crippen LogP contribution in [-0.2, 0) is 0 Å². The number of ketones is 1. The van der Waals surface area contributed by atoms with Crippen molar-refractivity contribution in [1.82, 2.24) is 0 Å². The summed E-state index contributed by atoms with van der Waals surface area (Å²) in [5.74, 6) is 0.992. The van der Waals surface area contributed by atoms with Gasteiger partial charge in [-0.2, -0.15) is 4.74 Å². The van der Waals surface area contributed by atoms with Crippen LogP contribution in [0, 0.1) is 5.21 Å². The predicted octanol–water partition coefficient (Wildman–Crippen LogP) is 2.54. The molecule has 0 fully saturated rings. The van der Waals surface area contributed by atoms with E-state index in [0.717, 1.165) is 0 Å². The minimum Gasteiger partial charge on any atom is -0.618 e. The number of Topliss-reactive ketones (excluding diaryl/α,β-unsaturated/α-hetero) is 1. The lowest BCUT2D eigenvalue weighted by Gasteiger charge is -2.08. The van der Waals surface area contributed by atoms with Gasteiger partial charge < -0.3 is 19.4 Å². The van der Waals surface area contributed by atoms with Gasteiger partial charge in [0, 0.05) is 6.07 Å². The van der Waals surface area contributed by atoms with Crippen molar-refractivity contribution in [3.63, 3.8) is 0 Å². The van der Waals surface area contributed by atoms with Crippen LogP contribution in [0.4, 0.5) is 5.69 Å². The van der Waals surface area contributed by atoms with Gasteiger partial charge in [0.05, 0.1) is 26.9 Å². The first-order valence-electron chi connectivity index (χ1n) is 6.90. The lowest BCUT2D eigenvalue weighted by Crippen LogP contribution is -2.16. The van der Waals surface area contributed by atoms with Crippen LogP contribution in [0.5, 0.6) is 17.2 Å². The van der Waals surface area contributed by atoms with E-state index in [4.69, 9.17) is 14.2 Å². The van der Waals surface area contributed by atoms with Crippen molar-refractivity contribution in [2.45, 2.75) is 0 Å². The Morgan fingerprint density at radius 1 is 0.957 bits per heavy atom. The van der Waals surface area contributed by atoms with Gasteiger partial charge in [-0.15, -0.1) is 0 Å². The molecule has 0 unspecified atom stereocenters. The quantitative estimate of drug-likeness (QED) is 0.641. The number of carbonyl (C=O) groups excluding carboxylic acids is 1. The van der Waals surface area contributed by atoms with Crippen LogP contribution >= 0.6 is 0 Å². The first kappa shape index (κ1) is 14.9. The highest BCUT2D eigenvalue weighted by atomic mass is 16.5. The molecule has 0 saturated carbocycles. The van der Waals surface area contributed by atoms with Crippen LogP contribution in [0.1, 0.15) is 15.9 Å². The van der Waals surface area contributed by atoms with Gasteiger partial charge in [0.25, 0.3) is 17.2 Å². The van der Waals surface area contributed by atoms with Crippen LogP contribution in [0.2, 0.25) is 0 Å². The molecule has 2 aromatic rings. The number of hydrogen-bond acceptors (Lipinski definition) is 5. The molecule has 0 saturated heterocycles. The van der Waals surface area contributed by atoms with Gasteiger partial charge >= 0.3 is 0 Å². The standard InChI is InChI=1S/C17H15NO5/c1-21-11-7-10(8-12(9-11)22-2)15-17(19)13-5-4-6-14(23-3)16(13)18(15)20/h4-9H,1-3H3. The van der Waals surface area contributed by atoms with Gasteiger partial charge in [-0.3, -0.25) is 4.79 Å². The predicted molar refractivity (Wildman–Crippen MR) is 84.3 cm³/mol. The Bertz CT molecular complexity index is 803. The number of rotatable bonds is 4. The van der Waals surface area contributed by atoms with E-state index in [-0.39, 0.29) is 17.2 Å². The molecule has 0 N–H and O–H groups in total. The largest absolute Gasteiger partial charge is 0.618 e. The van der Waals surface area contributed by atoms with E-state index >= 15 is 0 Å². The first-order valence-corrected chi connectivity index (χ1v) is 6.90. The Balaban J connectivity index is 2.21. The average molecular weight is 313 g/mol. The highest BCUT2D eigenvalue weighted by molar-refractivity contribution is 6.52. The zero-order valence-electron chi connectivity index (χ0n) is 13.0. The fourth-order valence-electron chi connectivity index (χ4n) is 2.60. The van der Waals surface area contributed by atoms with Crippen LogP contribution in [0.25, 0.3) is 0 Å². The Morgan fingerprint density at radius 3 is 2.17 bits per heavy atom. The fraction of sp³-hybridized carbons (Fsp3) is 0.176. The SMILES string of the molecule is COc1cc(OC)cc(C2=[N+]([O-])c3c(OC)cccc3C2=O)c1. The van der Waals surface area contributed by atoms with E-state index in [0.29, 0.717) is 33.1 Å². The van der Waals surface area contributed by atoms with Gasteiger partial charge in [-0.25, -0.2) is 0 Å². The van der Waals surface area contributed by atoms with Crippen LogP contribution in [-0.4, -0.2) is 37.6 Å². The maximum absolute atomic E-state index is 12.7. The molecule has 0 amide bonds. The molecule has 6 heteroatoms. The minimum atomic E-state index is -0.357. The molecule has 0 bridgehead atoms. The molecule has 0 aromatic heterocycles. The molecule has 0 spiro atoms. The average Bonchev–Trinajstić information content (AvgIpc) is 2.85. The maximum atomic E-state index is 12.7. The zero-order chi connectivity index (χ0) is 16.6. The zero-order valence-corrected chi connectivity index (χ0v) is 13.0. The summed E-state index contributed by atoms with van der Waals surface area (Å²) in [4.78, 5) is 12.7. The fourth-order valence-corrected chi connectivity index (χ4v) is 2.60. The minimum absolute atomic E-state index is 0.0155. The molecule has 0 radical (unpaired) electrons. The van der Waals surface area contributed by atoms with E-state index < -0.39 is 0 Å². The third-order valence-electron chi connectivity index (χ3n) is 3.71. The number of carbonyl (C=O) groups is 1. The third-order valence-corrected chi connectivity index (χ3v) is 3.71. The van der Waals surface area contributed by atoms with E-state index in [2.05, 4.69) is 0 Å². The van der Waals surface area contributed by atoms with Gasteiger partial charge in [-0.1, -0.05) is 6.07 Å². The van der Waals surface area contributed by atoms with Crippen molar-refractivity contribution in [3.05, 3.63) is 52.7 Å². The number of methoxy groups -OCH3 is 3. The molecule has 0 atom stereocenters. The topological polar surface area (TPSA) is 70.8 Å². The van der Waals surface area contributed by atoms with E-state index in [1.165, 1.54) is 21.3 Å². The number of ether oxygens (including phenoxy) is 3. The molecule has 2 aromatic carbocycles. The van der Waals surface area contributed by atoms with Crippen LogP contribution in [0.15, 0.2) is 36.4 Å². The summed E-state index contributed by atoms with van der Waals surface area (Å²) in [5, 5.41) is 12.7. The highest BCUT2D eigenvalue weighted by Gasteiger charge is 2.39. The number of benzene rings is 2. The molecular formula is C17H15NO5. The molecule has 3 rings (SSSR count). The summed E-state index contributed by atoms with van der Waals surface area (Å²) < 4.78 is 16.2. The normalized spacial score (nSPS) is 13.1. The van der Waals surface area contributed by atoms with Crippen LogP contribution < -0.4 is 14.2 Å². The van der Waals surface area contributed by atoms with Gasteiger partial charge in [0.2, 0.25) is 0 Å². The summed E-state index contributed by atoms with van der Waals surface area (Å²) in [5.41, 5.74) is 0.981. The van der Waals surface area contributed by atoms with Crippen molar-refractivity contribution in [1.29, 1.82) is 0 Å². The van der Waals surface area contributed by atoms with Crippen molar-refractivity contribution in [2.75, 3.05) is 21.3 Å². The van der Waals surface area contributed by atoms with Crippen molar-refractivity contribution < 1.29 is 23.7 Å². The summed E-state index contributed by atoms with van der Waals surface area (Å²) in [6, 6.07) is 9.85. The molecule has 1 heterocycles. The van der Waals surface area contributed by atoms with Gasteiger partial charge in [0.15, 0.2) is 5.75 Å². The Kier molecular flexibility index (Phi) is 3.65. The first-order chi connectivity index (χ1) is 11.1. The molecular weight excluding hydrogens is 298 g/mol. The number of nitrogens with zero attached hydrogens (tertiary/aromatic N) is 1. The second-order valence-corrected chi connectivity index (χ2v) is 4.93. The van der Waals surface area contributed by atoms with Gasteiger partial charge in [-0.05, 0) is 24.3 Å². The second-order valence-electron chi connectivity index (χ2n) is 4.93. The highest BCUT2D eigenvalue weighted by Crippen LogP contribution is 2.37. The second kappa shape index (κ2) is 5.64. The Hall–Kier alpha value is -3.02. The summed E-state index contributed by atoms with van der Waals surface area (Å²) in [6.45, 7) is 0. The summed E-state index contributed by atoms with van der Waals surface area (Å²) in [7, 11) is 4.47. The number of fused-ring (bicyclic) bond motifs is 1. The Morgan fingerprint density at radius 2 is 1.61 bits per heavy atom. The molecule has 0 aliphatic carbocycles. The van der Waals surface area contributed by atoms with E-state index in [9.17, 15) is 10.0 Å².